The van der Waals surface area contributed by atoms with Crippen molar-refractivity contribution in [3.8, 4) is 0 Å². The van der Waals surface area contributed by atoms with Gasteiger partial charge in [-0.1, -0.05) is 24.3 Å². The zero-order valence-corrected chi connectivity index (χ0v) is 19.1. The van der Waals surface area contributed by atoms with Crippen LogP contribution in [0, 0.1) is 12.8 Å². The minimum atomic E-state index is -4.54. The summed E-state index contributed by atoms with van der Waals surface area (Å²) in [5.74, 6) is -0.281. The number of carbonyl (C=O) groups excluding carboxylic acids is 2. The normalized spacial score (nSPS) is 25.4. The molecule has 1 unspecified atom stereocenters. The SMILES string of the molecule is CC1=C(C)C(O/C=C2/C(=O)C[C@@H]3Cc4ccccc4[C@H]23)N(c2cc(C)cc(C(F)(F)F)c2)C1=O. The fourth-order valence-corrected chi connectivity index (χ4v) is 5.41. The lowest BCUT2D eigenvalue weighted by molar-refractivity contribution is -0.137. The van der Waals surface area contributed by atoms with Gasteiger partial charge < -0.3 is 4.74 Å². The lowest BCUT2D eigenvalue weighted by Gasteiger charge is -2.27. The van der Waals surface area contributed by atoms with Crippen molar-refractivity contribution in [2.45, 2.75) is 51.9 Å². The van der Waals surface area contributed by atoms with Gasteiger partial charge in [0, 0.05) is 29.2 Å². The van der Waals surface area contributed by atoms with E-state index in [-0.39, 0.29) is 23.3 Å². The Morgan fingerprint density at radius 2 is 1.76 bits per heavy atom. The van der Waals surface area contributed by atoms with Crippen LogP contribution in [0.4, 0.5) is 18.9 Å². The largest absolute Gasteiger partial charge is 0.473 e. The van der Waals surface area contributed by atoms with Crippen LogP contribution in [0.25, 0.3) is 0 Å². The topological polar surface area (TPSA) is 46.6 Å². The number of nitrogens with zero attached hydrogens (tertiary/aromatic N) is 1. The summed E-state index contributed by atoms with van der Waals surface area (Å²) in [7, 11) is 0. The molecule has 176 valence electrons. The molecular weight excluding hydrogens is 443 g/mol. The number of allylic oxidation sites excluding steroid dienone is 1. The predicted octanol–water partition coefficient (Wildman–Crippen LogP) is 5.85. The van der Waals surface area contributed by atoms with E-state index in [0.29, 0.717) is 28.7 Å². The summed E-state index contributed by atoms with van der Waals surface area (Å²) in [4.78, 5) is 27.1. The van der Waals surface area contributed by atoms with E-state index in [0.717, 1.165) is 24.1 Å². The number of anilines is 1. The highest BCUT2D eigenvalue weighted by Crippen LogP contribution is 2.50. The second-order valence-corrected chi connectivity index (χ2v) is 9.37. The summed E-state index contributed by atoms with van der Waals surface area (Å²) in [6.07, 6.45) is -2.77. The van der Waals surface area contributed by atoms with Gasteiger partial charge in [0.1, 0.15) is 0 Å². The monoisotopic (exact) mass is 467 g/mol. The quantitative estimate of drug-likeness (QED) is 0.420. The number of hydrogen-bond acceptors (Lipinski definition) is 3. The first-order chi connectivity index (χ1) is 16.1. The molecule has 2 aliphatic carbocycles. The number of ketones is 1. The maximum Gasteiger partial charge on any atom is 0.416 e. The summed E-state index contributed by atoms with van der Waals surface area (Å²) >= 11 is 0. The van der Waals surface area contributed by atoms with Gasteiger partial charge in [0.2, 0.25) is 6.23 Å². The van der Waals surface area contributed by atoms with Gasteiger partial charge in [-0.25, -0.2) is 0 Å². The van der Waals surface area contributed by atoms with E-state index in [1.54, 1.807) is 20.8 Å². The number of aryl methyl sites for hydroxylation is 1. The summed E-state index contributed by atoms with van der Waals surface area (Å²) in [6.45, 7) is 4.91. The molecule has 1 aliphatic heterocycles. The Kier molecular flexibility index (Phi) is 5.19. The smallest absolute Gasteiger partial charge is 0.416 e. The third kappa shape index (κ3) is 3.54. The standard InChI is InChI=1S/C27H24F3NO3/c1-14-8-19(27(28,29)30)12-20(9-14)31-25(33)15(2)16(3)26(31)34-13-22-23(32)11-18-10-17-6-4-5-7-21(17)24(18)22/h4-9,12-13,18,24,26H,10-11H2,1-3H3/b22-13-/t18-,24+,26?/m0/s1. The number of benzene rings is 2. The molecule has 0 radical (unpaired) electrons. The number of halogens is 3. The van der Waals surface area contributed by atoms with Crippen LogP contribution in [0.2, 0.25) is 0 Å². The molecule has 34 heavy (non-hydrogen) atoms. The van der Waals surface area contributed by atoms with Crippen LogP contribution in [0.3, 0.4) is 0 Å². The Labute approximate surface area is 195 Å². The van der Waals surface area contributed by atoms with Gasteiger partial charge in [0.05, 0.1) is 11.8 Å². The molecule has 0 spiro atoms. The number of ether oxygens (including phenoxy) is 1. The van der Waals surface area contributed by atoms with E-state index in [9.17, 15) is 22.8 Å². The van der Waals surface area contributed by atoms with Crippen LogP contribution < -0.4 is 4.90 Å². The molecule has 1 amide bonds. The number of amides is 1. The van der Waals surface area contributed by atoms with Crippen LogP contribution in [0.15, 0.2) is 65.4 Å². The number of fused-ring (bicyclic) bond motifs is 3. The van der Waals surface area contributed by atoms with E-state index in [1.807, 2.05) is 18.2 Å². The van der Waals surface area contributed by atoms with Crippen molar-refractivity contribution in [2.24, 2.45) is 5.92 Å². The van der Waals surface area contributed by atoms with E-state index < -0.39 is 23.9 Å². The Morgan fingerprint density at radius 1 is 1.03 bits per heavy atom. The number of alkyl halides is 3. The number of rotatable bonds is 3. The molecule has 2 aromatic rings. The third-order valence-corrected chi connectivity index (χ3v) is 7.18. The molecule has 4 nitrogen and oxygen atoms in total. The van der Waals surface area contributed by atoms with Gasteiger partial charge in [-0.3, -0.25) is 14.5 Å². The predicted molar refractivity (Wildman–Crippen MR) is 121 cm³/mol. The second-order valence-electron chi connectivity index (χ2n) is 9.37. The number of hydrogen-bond donors (Lipinski definition) is 0. The summed E-state index contributed by atoms with van der Waals surface area (Å²) < 4.78 is 46.3. The van der Waals surface area contributed by atoms with Crippen molar-refractivity contribution in [1.29, 1.82) is 0 Å². The zero-order chi connectivity index (χ0) is 24.4. The molecule has 1 saturated carbocycles. The second kappa shape index (κ2) is 7.86. The Balaban J connectivity index is 1.50. The van der Waals surface area contributed by atoms with Crippen LogP contribution in [0.1, 0.15) is 48.4 Å². The molecule has 7 heteroatoms. The molecule has 2 aromatic carbocycles. The van der Waals surface area contributed by atoms with Crippen LogP contribution in [-0.4, -0.2) is 17.9 Å². The van der Waals surface area contributed by atoms with Crippen LogP contribution in [-0.2, 0) is 26.9 Å². The van der Waals surface area contributed by atoms with Crippen LogP contribution in [0.5, 0.6) is 0 Å². The van der Waals surface area contributed by atoms with Gasteiger partial charge in [0.25, 0.3) is 5.91 Å². The molecule has 0 saturated heterocycles. The first-order valence-electron chi connectivity index (χ1n) is 11.2. The summed E-state index contributed by atoms with van der Waals surface area (Å²) in [5, 5.41) is 0. The number of carbonyl (C=O) groups is 2. The zero-order valence-electron chi connectivity index (χ0n) is 19.1. The van der Waals surface area contributed by atoms with Crippen molar-refractivity contribution in [3.63, 3.8) is 0 Å². The van der Waals surface area contributed by atoms with E-state index in [1.165, 1.54) is 22.8 Å². The van der Waals surface area contributed by atoms with Crippen molar-refractivity contribution < 1.29 is 27.5 Å². The van der Waals surface area contributed by atoms with Crippen molar-refractivity contribution in [1.82, 2.24) is 0 Å². The van der Waals surface area contributed by atoms with Crippen molar-refractivity contribution in [2.75, 3.05) is 4.90 Å². The molecule has 1 heterocycles. The fraction of sp³-hybridized carbons (Fsp3) is 0.333. The lowest BCUT2D eigenvalue weighted by atomic mass is 9.93. The average molecular weight is 467 g/mol. The molecule has 0 aromatic heterocycles. The maximum atomic E-state index is 13.4. The summed E-state index contributed by atoms with van der Waals surface area (Å²) in [5.41, 5.74) is 3.58. The minimum absolute atomic E-state index is 0.00800. The lowest BCUT2D eigenvalue weighted by Crippen LogP contribution is -2.37. The first-order valence-corrected chi connectivity index (χ1v) is 11.2. The highest BCUT2D eigenvalue weighted by atomic mass is 19.4. The summed E-state index contributed by atoms with van der Waals surface area (Å²) in [6, 6.07) is 11.6. The molecule has 3 atom stereocenters. The van der Waals surface area contributed by atoms with Crippen molar-refractivity contribution >= 4 is 17.4 Å². The van der Waals surface area contributed by atoms with E-state index in [4.69, 9.17) is 4.74 Å². The molecule has 3 aliphatic rings. The Bertz CT molecular complexity index is 1270. The van der Waals surface area contributed by atoms with Gasteiger partial charge in [0.15, 0.2) is 5.78 Å². The number of Topliss-reactive ketones (excluding diaryl/α,β-unsaturated/α-hetero) is 1. The Morgan fingerprint density at radius 3 is 2.50 bits per heavy atom. The highest BCUT2D eigenvalue weighted by Gasteiger charge is 2.45. The van der Waals surface area contributed by atoms with Gasteiger partial charge in [-0.05, 0) is 73.6 Å². The minimum Gasteiger partial charge on any atom is -0.473 e. The van der Waals surface area contributed by atoms with Gasteiger partial charge >= 0.3 is 6.18 Å². The maximum absolute atomic E-state index is 13.4. The Hall–Kier alpha value is -3.35. The van der Waals surface area contributed by atoms with Gasteiger partial charge in [-0.15, -0.1) is 0 Å². The molecular formula is C27H24F3NO3. The molecule has 0 bridgehead atoms. The van der Waals surface area contributed by atoms with Crippen LogP contribution >= 0.6 is 0 Å². The van der Waals surface area contributed by atoms with Crippen molar-refractivity contribution in [3.05, 3.63) is 87.7 Å². The fourth-order valence-electron chi connectivity index (χ4n) is 5.41. The third-order valence-electron chi connectivity index (χ3n) is 7.18. The molecule has 5 rings (SSSR count). The van der Waals surface area contributed by atoms with E-state index in [2.05, 4.69) is 6.07 Å². The molecule has 0 N–H and O–H groups in total. The van der Waals surface area contributed by atoms with Gasteiger partial charge in [-0.2, -0.15) is 13.2 Å². The average Bonchev–Trinajstić information content (AvgIpc) is 3.35. The van der Waals surface area contributed by atoms with E-state index >= 15 is 0 Å². The molecule has 1 fully saturated rings. The highest BCUT2D eigenvalue weighted by molar-refractivity contribution is 6.09. The first kappa shape index (κ1) is 22.4.